The summed E-state index contributed by atoms with van der Waals surface area (Å²) in [6.07, 6.45) is -2.57. The van der Waals surface area contributed by atoms with Crippen LogP contribution in [0.25, 0.3) is 0 Å². The summed E-state index contributed by atoms with van der Waals surface area (Å²) < 4.78 is 42.1. The zero-order valence-corrected chi connectivity index (χ0v) is 13.5. The van der Waals surface area contributed by atoms with Crippen LogP contribution >= 0.6 is 0 Å². The van der Waals surface area contributed by atoms with Crippen LogP contribution in [0.5, 0.6) is 0 Å². The highest BCUT2D eigenvalue weighted by Gasteiger charge is 2.25. The van der Waals surface area contributed by atoms with E-state index in [0.29, 0.717) is 0 Å². The van der Waals surface area contributed by atoms with Crippen molar-refractivity contribution in [1.29, 1.82) is 0 Å². The predicted octanol–water partition coefficient (Wildman–Crippen LogP) is 1.98. The number of rotatable bonds is 9. The van der Waals surface area contributed by atoms with Gasteiger partial charge in [-0.05, 0) is 18.1 Å². The van der Waals surface area contributed by atoms with Crippen LogP contribution in [0.1, 0.15) is 24.2 Å². The molecule has 0 saturated carbocycles. The zero-order valence-electron chi connectivity index (χ0n) is 13.5. The summed E-state index contributed by atoms with van der Waals surface area (Å²) in [6, 6.07) is 4.56. The van der Waals surface area contributed by atoms with Gasteiger partial charge in [-0.25, -0.2) is 13.2 Å². The second-order valence-corrected chi connectivity index (χ2v) is 5.43. The number of benzene rings is 1. The summed E-state index contributed by atoms with van der Waals surface area (Å²) >= 11 is 0. The van der Waals surface area contributed by atoms with Gasteiger partial charge in [0.2, 0.25) is 5.91 Å². The second-order valence-electron chi connectivity index (χ2n) is 5.43. The lowest BCUT2D eigenvalue weighted by atomic mass is 10.0. The minimum atomic E-state index is -2.57. The number of amides is 2. The third-order valence-electron chi connectivity index (χ3n) is 3.14. The number of carbonyl (C=O) groups excluding carboxylic acids is 2. The van der Waals surface area contributed by atoms with Gasteiger partial charge >= 0.3 is 0 Å². The van der Waals surface area contributed by atoms with Gasteiger partial charge in [-0.2, -0.15) is 0 Å². The average Bonchev–Trinajstić information content (AvgIpc) is 2.51. The smallest absolute Gasteiger partial charge is 0.261 e. The second kappa shape index (κ2) is 9.92. The molecule has 0 fully saturated rings. The molecule has 1 atom stereocenters. The van der Waals surface area contributed by atoms with Crippen molar-refractivity contribution >= 4 is 11.8 Å². The fourth-order valence-electron chi connectivity index (χ4n) is 1.93. The van der Waals surface area contributed by atoms with Gasteiger partial charge in [0.15, 0.2) is 0 Å². The van der Waals surface area contributed by atoms with Crippen molar-refractivity contribution in [3.05, 3.63) is 35.6 Å². The maximum Gasteiger partial charge on any atom is 0.261 e. The lowest BCUT2D eigenvalue weighted by molar-refractivity contribution is -0.124. The van der Waals surface area contributed by atoms with Crippen molar-refractivity contribution in [3.63, 3.8) is 0 Å². The Bertz CT molecular complexity index is 553. The van der Waals surface area contributed by atoms with Crippen molar-refractivity contribution in [2.45, 2.75) is 26.3 Å². The van der Waals surface area contributed by atoms with E-state index in [9.17, 15) is 22.8 Å². The van der Waals surface area contributed by atoms with Gasteiger partial charge < -0.3 is 15.4 Å². The summed E-state index contributed by atoms with van der Waals surface area (Å²) in [7, 11) is 0. The highest BCUT2D eigenvalue weighted by molar-refractivity contribution is 5.97. The minimum absolute atomic E-state index is 0.0321. The van der Waals surface area contributed by atoms with Crippen LogP contribution in [0.15, 0.2) is 24.3 Å². The fraction of sp³-hybridized carbons (Fsp3) is 0.500. The molecular weight excluding hydrogens is 325 g/mol. The number of carbonyl (C=O) groups is 2. The van der Waals surface area contributed by atoms with Crippen molar-refractivity contribution in [3.8, 4) is 0 Å². The third-order valence-corrected chi connectivity index (χ3v) is 3.14. The van der Waals surface area contributed by atoms with E-state index in [4.69, 9.17) is 0 Å². The Balaban J connectivity index is 2.55. The topological polar surface area (TPSA) is 67.4 Å². The van der Waals surface area contributed by atoms with Gasteiger partial charge in [0.25, 0.3) is 12.3 Å². The lowest BCUT2D eigenvalue weighted by Crippen LogP contribution is -2.50. The van der Waals surface area contributed by atoms with Crippen molar-refractivity contribution in [2.24, 2.45) is 5.92 Å². The van der Waals surface area contributed by atoms with E-state index < -0.39 is 36.7 Å². The summed E-state index contributed by atoms with van der Waals surface area (Å²) in [5.74, 6) is -2.12. The van der Waals surface area contributed by atoms with Crippen LogP contribution in [0.4, 0.5) is 13.2 Å². The Morgan fingerprint density at radius 1 is 1.21 bits per heavy atom. The first kappa shape index (κ1) is 20.0. The third kappa shape index (κ3) is 6.57. The Labute approximate surface area is 138 Å². The Hall–Kier alpha value is -2.09. The highest BCUT2D eigenvalue weighted by atomic mass is 19.3. The van der Waals surface area contributed by atoms with Crippen molar-refractivity contribution in [2.75, 3.05) is 19.8 Å². The molecule has 0 unspecified atom stereocenters. The zero-order chi connectivity index (χ0) is 18.1. The van der Waals surface area contributed by atoms with Crippen LogP contribution in [-0.4, -0.2) is 44.0 Å². The Morgan fingerprint density at radius 2 is 1.88 bits per heavy atom. The maximum absolute atomic E-state index is 13.6. The van der Waals surface area contributed by atoms with Crippen LogP contribution < -0.4 is 10.6 Å². The molecule has 0 aliphatic carbocycles. The number of halogens is 3. The summed E-state index contributed by atoms with van der Waals surface area (Å²) in [6.45, 7) is 2.71. The summed E-state index contributed by atoms with van der Waals surface area (Å²) in [5, 5.41) is 4.97. The minimum Gasteiger partial charge on any atom is -0.374 e. The number of ether oxygens (including phenoxy) is 1. The van der Waals surface area contributed by atoms with Crippen molar-refractivity contribution < 1.29 is 27.5 Å². The molecule has 2 N–H and O–H groups in total. The van der Waals surface area contributed by atoms with E-state index >= 15 is 0 Å². The molecule has 0 bridgehead atoms. The molecule has 0 aromatic heterocycles. The van der Waals surface area contributed by atoms with Crippen LogP contribution in [-0.2, 0) is 9.53 Å². The first-order valence-corrected chi connectivity index (χ1v) is 7.52. The van der Waals surface area contributed by atoms with Gasteiger partial charge in [-0.3, -0.25) is 9.59 Å². The van der Waals surface area contributed by atoms with Gasteiger partial charge in [-0.1, -0.05) is 26.0 Å². The highest BCUT2D eigenvalue weighted by Crippen LogP contribution is 2.09. The first-order chi connectivity index (χ1) is 11.3. The molecule has 0 aliphatic heterocycles. The SMILES string of the molecule is CC(C)[C@H](NC(=O)c1ccccc1F)C(=O)NCCOCC(F)F. The number of hydrogen-bond donors (Lipinski definition) is 2. The Morgan fingerprint density at radius 3 is 2.46 bits per heavy atom. The van der Waals surface area contributed by atoms with Gasteiger partial charge in [0.1, 0.15) is 18.5 Å². The number of hydrogen-bond acceptors (Lipinski definition) is 3. The normalized spacial score (nSPS) is 12.3. The van der Waals surface area contributed by atoms with E-state index in [1.54, 1.807) is 13.8 Å². The average molecular weight is 346 g/mol. The van der Waals surface area contributed by atoms with Gasteiger partial charge in [0, 0.05) is 6.54 Å². The molecule has 0 radical (unpaired) electrons. The molecule has 0 spiro atoms. The summed E-state index contributed by atoms with van der Waals surface area (Å²) in [4.78, 5) is 24.2. The molecule has 0 aliphatic rings. The summed E-state index contributed by atoms with van der Waals surface area (Å²) in [5.41, 5.74) is -0.156. The van der Waals surface area contributed by atoms with Gasteiger partial charge in [-0.15, -0.1) is 0 Å². The standard InChI is InChI=1S/C16H21F3N2O3/c1-10(2)14(16(23)20-7-8-24-9-13(18)19)21-15(22)11-5-3-4-6-12(11)17/h3-6,10,13-14H,7-9H2,1-2H3,(H,20,23)(H,21,22)/t14-/m0/s1. The predicted molar refractivity (Wildman–Crippen MR) is 82.3 cm³/mol. The van der Waals surface area contributed by atoms with E-state index in [0.717, 1.165) is 6.07 Å². The molecule has 5 nitrogen and oxygen atoms in total. The molecule has 8 heteroatoms. The molecule has 1 aromatic rings. The fourth-order valence-corrected chi connectivity index (χ4v) is 1.93. The van der Waals surface area contributed by atoms with Gasteiger partial charge in [0.05, 0.1) is 12.2 Å². The number of alkyl halides is 2. The first-order valence-electron chi connectivity index (χ1n) is 7.52. The molecule has 1 aromatic carbocycles. The van der Waals surface area contributed by atoms with E-state index in [-0.39, 0.29) is 24.6 Å². The van der Waals surface area contributed by atoms with E-state index in [1.165, 1.54) is 18.2 Å². The van der Waals surface area contributed by atoms with Crippen molar-refractivity contribution in [1.82, 2.24) is 10.6 Å². The number of nitrogens with one attached hydrogen (secondary N) is 2. The molecular formula is C16H21F3N2O3. The Kier molecular flexibility index (Phi) is 8.25. The molecule has 0 heterocycles. The van der Waals surface area contributed by atoms with E-state index in [1.807, 2.05) is 0 Å². The maximum atomic E-state index is 13.6. The largest absolute Gasteiger partial charge is 0.374 e. The van der Waals surface area contributed by atoms with Crippen LogP contribution in [0.3, 0.4) is 0 Å². The van der Waals surface area contributed by atoms with Crippen LogP contribution in [0.2, 0.25) is 0 Å². The molecule has 24 heavy (non-hydrogen) atoms. The molecule has 2 amide bonds. The molecule has 134 valence electrons. The molecule has 0 saturated heterocycles. The van der Waals surface area contributed by atoms with Crippen LogP contribution in [0, 0.1) is 11.7 Å². The monoisotopic (exact) mass is 346 g/mol. The quantitative estimate of drug-likeness (QED) is 0.672. The lowest BCUT2D eigenvalue weighted by Gasteiger charge is -2.22. The van der Waals surface area contributed by atoms with E-state index in [2.05, 4.69) is 15.4 Å². The molecule has 1 rings (SSSR count).